The van der Waals surface area contributed by atoms with Crippen LogP contribution in [0.2, 0.25) is 5.02 Å². The second-order valence-electron chi connectivity index (χ2n) is 4.88. The summed E-state index contributed by atoms with van der Waals surface area (Å²) in [5.74, 6) is 0.0471. The number of nitrogens with zero attached hydrogens (tertiary/aromatic N) is 1. The van der Waals surface area contributed by atoms with Crippen molar-refractivity contribution in [2.75, 3.05) is 6.61 Å². The first-order valence-electron chi connectivity index (χ1n) is 7.21. The Morgan fingerprint density at radius 3 is 2.60 bits per heavy atom. The Morgan fingerprint density at radius 2 is 1.92 bits per heavy atom. The van der Waals surface area contributed by atoms with Crippen LogP contribution in [0.25, 0.3) is 0 Å². The van der Waals surface area contributed by atoms with Gasteiger partial charge in [-0.15, -0.1) is 0 Å². The van der Waals surface area contributed by atoms with Crippen molar-refractivity contribution in [2.24, 2.45) is 5.10 Å². The molecule has 1 amide bonds. The number of halogens is 3. The zero-order valence-electron chi connectivity index (χ0n) is 13.2. The minimum absolute atomic E-state index is 0.0134. The number of alkyl halides is 2. The number of benzene rings is 2. The molecule has 2 aromatic rings. The van der Waals surface area contributed by atoms with Crippen molar-refractivity contribution < 1.29 is 23.0 Å². The van der Waals surface area contributed by atoms with Gasteiger partial charge in [-0.05, 0) is 43.3 Å². The van der Waals surface area contributed by atoms with E-state index in [1.807, 2.05) is 0 Å². The van der Waals surface area contributed by atoms with Crippen molar-refractivity contribution >= 4 is 23.2 Å². The summed E-state index contributed by atoms with van der Waals surface area (Å²) in [6, 6.07) is 12.6. The van der Waals surface area contributed by atoms with Gasteiger partial charge in [0.25, 0.3) is 5.91 Å². The third-order valence-corrected chi connectivity index (χ3v) is 3.26. The van der Waals surface area contributed by atoms with Crippen LogP contribution in [0.3, 0.4) is 0 Å². The highest BCUT2D eigenvalue weighted by molar-refractivity contribution is 6.30. The van der Waals surface area contributed by atoms with E-state index in [1.165, 1.54) is 12.1 Å². The summed E-state index contributed by atoms with van der Waals surface area (Å²) in [7, 11) is 0. The van der Waals surface area contributed by atoms with E-state index in [-0.39, 0.29) is 12.4 Å². The molecular weight excluding hydrogens is 354 g/mol. The summed E-state index contributed by atoms with van der Waals surface area (Å²) >= 11 is 5.75. The van der Waals surface area contributed by atoms with Gasteiger partial charge in [0.15, 0.2) is 6.61 Å². The molecule has 0 atom stereocenters. The molecule has 8 heteroatoms. The van der Waals surface area contributed by atoms with Crippen LogP contribution in [0.5, 0.6) is 11.5 Å². The molecule has 0 aromatic heterocycles. The van der Waals surface area contributed by atoms with E-state index in [9.17, 15) is 13.6 Å². The second kappa shape index (κ2) is 8.98. The highest BCUT2D eigenvalue weighted by Gasteiger charge is 2.07. The summed E-state index contributed by atoms with van der Waals surface area (Å²) < 4.78 is 34.0. The maximum Gasteiger partial charge on any atom is 0.387 e. The van der Waals surface area contributed by atoms with E-state index in [4.69, 9.17) is 16.3 Å². The average molecular weight is 369 g/mol. The zero-order valence-corrected chi connectivity index (χ0v) is 14.0. The Hall–Kier alpha value is -2.67. The highest BCUT2D eigenvalue weighted by Crippen LogP contribution is 2.17. The van der Waals surface area contributed by atoms with E-state index in [1.54, 1.807) is 43.3 Å². The molecule has 0 heterocycles. The summed E-state index contributed by atoms with van der Waals surface area (Å²) in [5, 5.41) is 4.48. The summed E-state index contributed by atoms with van der Waals surface area (Å²) in [6.45, 7) is -1.51. The van der Waals surface area contributed by atoms with Gasteiger partial charge >= 0.3 is 6.61 Å². The normalized spacial score (nSPS) is 11.3. The van der Waals surface area contributed by atoms with Gasteiger partial charge in [-0.1, -0.05) is 23.7 Å². The maximum absolute atomic E-state index is 12.2. The third kappa shape index (κ3) is 6.39. The van der Waals surface area contributed by atoms with Crippen molar-refractivity contribution in [3.63, 3.8) is 0 Å². The molecule has 0 unspecified atom stereocenters. The quantitative estimate of drug-likeness (QED) is 0.596. The van der Waals surface area contributed by atoms with Gasteiger partial charge in [0.05, 0.1) is 5.71 Å². The first kappa shape index (κ1) is 18.7. The fourth-order valence-corrected chi connectivity index (χ4v) is 1.95. The van der Waals surface area contributed by atoms with Crippen LogP contribution in [-0.2, 0) is 4.79 Å². The van der Waals surface area contributed by atoms with E-state index >= 15 is 0 Å². The monoisotopic (exact) mass is 368 g/mol. The molecule has 0 aliphatic rings. The van der Waals surface area contributed by atoms with Gasteiger partial charge in [-0.25, -0.2) is 5.43 Å². The molecule has 0 saturated carbocycles. The number of rotatable bonds is 7. The van der Waals surface area contributed by atoms with Gasteiger partial charge in [0.2, 0.25) is 0 Å². The van der Waals surface area contributed by atoms with Crippen LogP contribution in [0.15, 0.2) is 53.6 Å². The highest BCUT2D eigenvalue weighted by atomic mass is 35.5. The maximum atomic E-state index is 12.2. The summed E-state index contributed by atoms with van der Waals surface area (Å²) in [6.07, 6.45) is 0. The lowest BCUT2D eigenvalue weighted by atomic mass is 10.1. The Morgan fingerprint density at radius 1 is 1.20 bits per heavy atom. The lowest BCUT2D eigenvalue weighted by molar-refractivity contribution is -0.123. The van der Waals surface area contributed by atoms with Crippen LogP contribution < -0.4 is 14.9 Å². The Kier molecular flexibility index (Phi) is 6.71. The van der Waals surface area contributed by atoms with Crippen molar-refractivity contribution in [1.82, 2.24) is 5.43 Å². The molecule has 1 N–H and O–H groups in total. The zero-order chi connectivity index (χ0) is 18.2. The molecule has 0 aliphatic carbocycles. The number of amides is 1. The summed E-state index contributed by atoms with van der Waals surface area (Å²) in [5.41, 5.74) is 3.30. The lowest BCUT2D eigenvalue weighted by Crippen LogP contribution is -2.25. The standard InChI is InChI=1S/C17H15ClF2N2O3/c1-11(12-3-2-4-15(9-12)25-17(19)20)21-22-16(23)10-24-14-7-5-13(18)6-8-14/h2-9,17H,10H2,1H3,(H,22,23)/b21-11-. The van der Waals surface area contributed by atoms with Crippen molar-refractivity contribution in [3.05, 3.63) is 59.1 Å². The largest absolute Gasteiger partial charge is 0.484 e. The van der Waals surface area contributed by atoms with Crippen LogP contribution in [0.1, 0.15) is 12.5 Å². The van der Waals surface area contributed by atoms with Crippen LogP contribution in [0, 0.1) is 0 Å². The molecule has 0 radical (unpaired) electrons. The molecule has 132 valence electrons. The second-order valence-corrected chi connectivity index (χ2v) is 5.32. The molecule has 0 aliphatic heterocycles. The molecule has 2 rings (SSSR count). The number of hydrazone groups is 1. The number of hydrogen-bond donors (Lipinski definition) is 1. The Balaban J connectivity index is 1.89. The van der Waals surface area contributed by atoms with Crippen molar-refractivity contribution in [1.29, 1.82) is 0 Å². The van der Waals surface area contributed by atoms with E-state index in [0.717, 1.165) is 0 Å². The molecule has 5 nitrogen and oxygen atoms in total. The topological polar surface area (TPSA) is 59.9 Å². The fraction of sp³-hybridized carbons (Fsp3) is 0.176. The lowest BCUT2D eigenvalue weighted by Gasteiger charge is -2.07. The Bertz CT molecular complexity index is 752. The minimum Gasteiger partial charge on any atom is -0.484 e. The van der Waals surface area contributed by atoms with Gasteiger partial charge in [0, 0.05) is 10.6 Å². The van der Waals surface area contributed by atoms with Crippen molar-refractivity contribution in [2.45, 2.75) is 13.5 Å². The number of ether oxygens (including phenoxy) is 2. The smallest absolute Gasteiger partial charge is 0.387 e. The molecule has 0 spiro atoms. The van der Waals surface area contributed by atoms with E-state index in [0.29, 0.717) is 22.0 Å². The molecule has 0 bridgehead atoms. The fourth-order valence-electron chi connectivity index (χ4n) is 1.82. The van der Waals surface area contributed by atoms with Gasteiger partial charge < -0.3 is 9.47 Å². The van der Waals surface area contributed by atoms with Gasteiger partial charge in [-0.3, -0.25) is 4.79 Å². The van der Waals surface area contributed by atoms with Crippen molar-refractivity contribution in [3.8, 4) is 11.5 Å². The molecular formula is C17H15ClF2N2O3. The number of carbonyl (C=O) groups excluding carboxylic acids is 1. The SMILES string of the molecule is C/C(=N/NC(=O)COc1ccc(Cl)cc1)c1cccc(OC(F)F)c1. The number of nitrogens with one attached hydrogen (secondary N) is 1. The minimum atomic E-state index is -2.91. The van der Waals surface area contributed by atoms with E-state index in [2.05, 4.69) is 15.3 Å². The molecule has 2 aromatic carbocycles. The molecule has 0 saturated heterocycles. The summed E-state index contributed by atoms with van der Waals surface area (Å²) in [4.78, 5) is 11.7. The number of hydrogen-bond acceptors (Lipinski definition) is 4. The molecule has 0 fully saturated rings. The number of carbonyl (C=O) groups is 1. The van der Waals surface area contributed by atoms with Crippen LogP contribution in [-0.4, -0.2) is 24.8 Å². The molecule has 25 heavy (non-hydrogen) atoms. The van der Waals surface area contributed by atoms with Gasteiger partial charge in [0.1, 0.15) is 11.5 Å². The van der Waals surface area contributed by atoms with Gasteiger partial charge in [-0.2, -0.15) is 13.9 Å². The van der Waals surface area contributed by atoms with Crippen LogP contribution in [0.4, 0.5) is 8.78 Å². The van der Waals surface area contributed by atoms with E-state index < -0.39 is 12.5 Å². The predicted molar refractivity (Wildman–Crippen MR) is 90.4 cm³/mol. The first-order valence-corrected chi connectivity index (χ1v) is 7.58. The van der Waals surface area contributed by atoms with Crippen LogP contribution >= 0.6 is 11.6 Å². The Labute approximate surface area is 148 Å². The predicted octanol–water partition coefficient (Wildman–Crippen LogP) is 3.86. The first-order chi connectivity index (χ1) is 11.9. The third-order valence-electron chi connectivity index (χ3n) is 3.01. The average Bonchev–Trinajstić information content (AvgIpc) is 2.59.